The van der Waals surface area contributed by atoms with Crippen LogP contribution >= 0.6 is 0 Å². The van der Waals surface area contributed by atoms with Crippen molar-refractivity contribution in [2.45, 2.75) is 19.3 Å². The van der Waals surface area contributed by atoms with E-state index in [1.54, 1.807) is 19.2 Å². The highest BCUT2D eigenvalue weighted by molar-refractivity contribution is 5.34. The number of nitrogens with zero attached hydrogens (tertiary/aromatic N) is 1. The largest absolute Gasteiger partial charge is 0.385 e. The number of nitrogens with one attached hydrogen (secondary N) is 1. The summed E-state index contributed by atoms with van der Waals surface area (Å²) in [6, 6.07) is 4.80. The van der Waals surface area contributed by atoms with Gasteiger partial charge in [-0.25, -0.2) is 4.98 Å². The highest BCUT2D eigenvalue weighted by Crippen LogP contribution is 2.48. The first kappa shape index (κ1) is 11.3. The minimum absolute atomic E-state index is 0.351. The quantitative estimate of drug-likeness (QED) is 0.754. The summed E-state index contributed by atoms with van der Waals surface area (Å²) in [5.74, 6) is 0.176. The molecule has 16 heavy (non-hydrogen) atoms. The molecule has 4 heteroatoms. The molecular formula is C12H17FN2O. The van der Waals surface area contributed by atoms with Gasteiger partial charge >= 0.3 is 0 Å². The predicted molar refractivity (Wildman–Crippen MR) is 60.8 cm³/mol. The zero-order valence-corrected chi connectivity index (χ0v) is 9.50. The number of aromatic nitrogens is 1. The summed E-state index contributed by atoms with van der Waals surface area (Å²) >= 11 is 0. The van der Waals surface area contributed by atoms with Crippen molar-refractivity contribution in [2.75, 3.05) is 25.6 Å². The third-order valence-electron chi connectivity index (χ3n) is 3.15. The fraction of sp³-hybridized carbons (Fsp3) is 0.583. The fourth-order valence-corrected chi connectivity index (χ4v) is 1.80. The first-order valence-electron chi connectivity index (χ1n) is 5.59. The summed E-state index contributed by atoms with van der Waals surface area (Å²) in [6.45, 7) is 1.64. The lowest BCUT2D eigenvalue weighted by molar-refractivity contribution is 0.175. The Morgan fingerprint density at radius 2 is 2.31 bits per heavy atom. The molecule has 0 saturated heterocycles. The lowest BCUT2D eigenvalue weighted by Gasteiger charge is -2.15. The SMILES string of the molecule is COCCC1(CNc2cccc(F)n2)CC1. The number of pyridine rings is 1. The molecule has 0 atom stereocenters. The van der Waals surface area contributed by atoms with Crippen LogP contribution in [-0.4, -0.2) is 25.2 Å². The molecule has 0 unspecified atom stereocenters. The molecule has 1 saturated carbocycles. The molecule has 0 radical (unpaired) electrons. The zero-order chi connectivity index (χ0) is 11.4. The van der Waals surface area contributed by atoms with Gasteiger partial charge in [0.25, 0.3) is 0 Å². The maximum absolute atomic E-state index is 12.8. The van der Waals surface area contributed by atoms with Gasteiger partial charge in [-0.15, -0.1) is 0 Å². The molecule has 1 N–H and O–H groups in total. The predicted octanol–water partition coefficient (Wildman–Crippen LogP) is 2.45. The summed E-state index contributed by atoms with van der Waals surface area (Å²) in [6.07, 6.45) is 3.50. The van der Waals surface area contributed by atoms with Crippen molar-refractivity contribution in [3.63, 3.8) is 0 Å². The second-order valence-corrected chi connectivity index (χ2v) is 4.44. The highest BCUT2D eigenvalue weighted by Gasteiger charge is 2.41. The topological polar surface area (TPSA) is 34.1 Å². The standard InChI is InChI=1S/C12H17FN2O/c1-16-8-7-12(5-6-12)9-14-11-4-2-3-10(13)15-11/h2-4H,5-9H2,1H3,(H,14,15). The van der Waals surface area contributed by atoms with Crippen LogP contribution in [0.4, 0.5) is 10.2 Å². The van der Waals surface area contributed by atoms with Gasteiger partial charge in [-0.05, 0) is 36.8 Å². The monoisotopic (exact) mass is 224 g/mol. The van der Waals surface area contributed by atoms with E-state index in [-0.39, 0.29) is 0 Å². The molecule has 1 fully saturated rings. The van der Waals surface area contributed by atoms with E-state index in [9.17, 15) is 4.39 Å². The number of ether oxygens (including phenoxy) is 1. The van der Waals surface area contributed by atoms with E-state index in [0.717, 1.165) is 19.6 Å². The van der Waals surface area contributed by atoms with Gasteiger partial charge in [-0.3, -0.25) is 0 Å². The first-order valence-corrected chi connectivity index (χ1v) is 5.59. The van der Waals surface area contributed by atoms with Crippen molar-refractivity contribution in [1.82, 2.24) is 4.98 Å². The molecule has 88 valence electrons. The minimum Gasteiger partial charge on any atom is -0.385 e. The van der Waals surface area contributed by atoms with Gasteiger partial charge in [-0.2, -0.15) is 4.39 Å². The molecule has 1 heterocycles. The third kappa shape index (κ3) is 2.92. The maximum Gasteiger partial charge on any atom is 0.214 e. The Morgan fingerprint density at radius 1 is 1.50 bits per heavy atom. The first-order chi connectivity index (χ1) is 7.74. The third-order valence-corrected chi connectivity index (χ3v) is 3.15. The van der Waals surface area contributed by atoms with Crippen molar-refractivity contribution in [3.8, 4) is 0 Å². The average molecular weight is 224 g/mol. The van der Waals surface area contributed by atoms with Gasteiger partial charge in [0.1, 0.15) is 5.82 Å². The summed E-state index contributed by atoms with van der Waals surface area (Å²) in [5, 5.41) is 3.19. The number of anilines is 1. The van der Waals surface area contributed by atoms with Crippen molar-refractivity contribution >= 4 is 5.82 Å². The van der Waals surface area contributed by atoms with Gasteiger partial charge in [-0.1, -0.05) is 6.07 Å². The second-order valence-electron chi connectivity index (χ2n) is 4.44. The molecule has 0 bridgehead atoms. The Hall–Kier alpha value is -1.16. The van der Waals surface area contributed by atoms with Gasteiger partial charge in [0.05, 0.1) is 0 Å². The van der Waals surface area contributed by atoms with Gasteiger partial charge in [0.15, 0.2) is 0 Å². The number of methoxy groups -OCH3 is 1. The average Bonchev–Trinajstić information content (AvgIpc) is 3.05. The molecule has 3 nitrogen and oxygen atoms in total. The van der Waals surface area contributed by atoms with E-state index in [2.05, 4.69) is 10.3 Å². The Bertz CT molecular complexity index is 353. The van der Waals surface area contributed by atoms with E-state index < -0.39 is 5.95 Å². The number of hydrogen-bond acceptors (Lipinski definition) is 3. The smallest absolute Gasteiger partial charge is 0.214 e. The molecule has 1 aliphatic rings. The molecule has 0 amide bonds. The van der Waals surface area contributed by atoms with E-state index in [4.69, 9.17) is 4.74 Å². The molecule has 0 aromatic carbocycles. The van der Waals surface area contributed by atoms with Crippen LogP contribution < -0.4 is 5.32 Å². The van der Waals surface area contributed by atoms with Crippen LogP contribution in [0.25, 0.3) is 0 Å². The van der Waals surface area contributed by atoms with Crippen molar-refractivity contribution in [1.29, 1.82) is 0 Å². The Morgan fingerprint density at radius 3 is 2.94 bits per heavy atom. The molecule has 0 spiro atoms. The highest BCUT2D eigenvalue weighted by atomic mass is 19.1. The zero-order valence-electron chi connectivity index (χ0n) is 9.50. The molecular weight excluding hydrogens is 207 g/mol. The van der Waals surface area contributed by atoms with Gasteiger partial charge in [0, 0.05) is 20.3 Å². The van der Waals surface area contributed by atoms with Crippen LogP contribution in [0.3, 0.4) is 0 Å². The fourth-order valence-electron chi connectivity index (χ4n) is 1.80. The number of halogens is 1. The van der Waals surface area contributed by atoms with Crippen molar-refractivity contribution in [3.05, 3.63) is 24.1 Å². The van der Waals surface area contributed by atoms with Crippen LogP contribution in [0, 0.1) is 11.4 Å². The Labute approximate surface area is 95.0 Å². The van der Waals surface area contributed by atoms with E-state index in [0.29, 0.717) is 11.2 Å². The number of hydrogen-bond donors (Lipinski definition) is 1. The summed E-state index contributed by atoms with van der Waals surface area (Å²) in [7, 11) is 1.72. The van der Waals surface area contributed by atoms with E-state index in [1.807, 2.05) is 0 Å². The molecule has 1 aromatic rings. The lowest BCUT2D eigenvalue weighted by Crippen LogP contribution is -2.17. The summed E-state index contributed by atoms with van der Waals surface area (Å²) < 4.78 is 17.9. The van der Waals surface area contributed by atoms with Crippen LogP contribution in [0.5, 0.6) is 0 Å². The van der Waals surface area contributed by atoms with Crippen LogP contribution in [-0.2, 0) is 4.74 Å². The minimum atomic E-state index is -0.438. The normalized spacial score (nSPS) is 17.1. The second kappa shape index (κ2) is 4.78. The lowest BCUT2D eigenvalue weighted by atomic mass is 10.0. The van der Waals surface area contributed by atoms with Crippen LogP contribution in [0.1, 0.15) is 19.3 Å². The molecule has 0 aliphatic heterocycles. The van der Waals surface area contributed by atoms with E-state index in [1.165, 1.54) is 18.9 Å². The molecule has 1 aliphatic carbocycles. The number of rotatable bonds is 6. The van der Waals surface area contributed by atoms with Crippen LogP contribution in [0.15, 0.2) is 18.2 Å². The van der Waals surface area contributed by atoms with E-state index >= 15 is 0 Å². The van der Waals surface area contributed by atoms with Crippen LogP contribution in [0.2, 0.25) is 0 Å². The summed E-state index contributed by atoms with van der Waals surface area (Å²) in [5.41, 5.74) is 0.351. The Balaban J connectivity index is 1.83. The molecule has 2 rings (SSSR count). The maximum atomic E-state index is 12.8. The Kier molecular flexibility index (Phi) is 3.39. The summed E-state index contributed by atoms with van der Waals surface area (Å²) in [4.78, 5) is 3.78. The molecule has 1 aromatic heterocycles. The van der Waals surface area contributed by atoms with Crippen molar-refractivity contribution < 1.29 is 9.13 Å². The van der Waals surface area contributed by atoms with Gasteiger partial charge in [0.2, 0.25) is 5.95 Å². The van der Waals surface area contributed by atoms with Crippen molar-refractivity contribution in [2.24, 2.45) is 5.41 Å². The van der Waals surface area contributed by atoms with Gasteiger partial charge < -0.3 is 10.1 Å².